The molecule has 0 bridgehead atoms. The van der Waals surface area contributed by atoms with Gasteiger partial charge in [-0.2, -0.15) is 0 Å². The average Bonchev–Trinajstić information content (AvgIpc) is 2.12. The first-order valence-corrected chi connectivity index (χ1v) is 4.38. The molecule has 2 nitrogen and oxygen atoms in total. The van der Waals surface area contributed by atoms with Crippen molar-refractivity contribution in [2.75, 3.05) is 11.9 Å². The molecule has 1 aromatic carbocycles. The number of hydrogen-bond acceptors (Lipinski definition) is 2. The van der Waals surface area contributed by atoms with Gasteiger partial charge in [0.2, 0.25) is 0 Å². The minimum absolute atomic E-state index is 0.250. The third-order valence-corrected chi connectivity index (χ3v) is 2.55. The Hall–Kier alpha value is -1.09. The first-order chi connectivity index (χ1) is 6.18. The highest BCUT2D eigenvalue weighted by atomic mass is 19.1. The van der Waals surface area contributed by atoms with E-state index in [0.717, 1.165) is 24.1 Å². The third-order valence-electron chi connectivity index (χ3n) is 2.55. The Balaban J connectivity index is 2.45. The number of anilines is 1. The molecule has 2 rings (SSSR count). The van der Waals surface area contributed by atoms with Crippen molar-refractivity contribution in [3.05, 3.63) is 29.6 Å². The second kappa shape index (κ2) is 3.00. The van der Waals surface area contributed by atoms with Gasteiger partial charge in [0.1, 0.15) is 12.0 Å². The highest BCUT2D eigenvalue weighted by molar-refractivity contribution is 5.55. The fourth-order valence-electron chi connectivity index (χ4n) is 1.72. The lowest BCUT2D eigenvalue weighted by molar-refractivity contribution is 0.159. The molecule has 13 heavy (non-hydrogen) atoms. The van der Waals surface area contributed by atoms with Crippen LogP contribution in [0.15, 0.2) is 18.2 Å². The van der Waals surface area contributed by atoms with E-state index < -0.39 is 6.23 Å². The van der Waals surface area contributed by atoms with Crippen molar-refractivity contribution in [3.8, 4) is 0 Å². The molecule has 1 heterocycles. The molecular formula is C10H12FNO. The van der Waals surface area contributed by atoms with Gasteiger partial charge in [0.25, 0.3) is 0 Å². The van der Waals surface area contributed by atoms with Gasteiger partial charge in [-0.3, -0.25) is 0 Å². The van der Waals surface area contributed by atoms with Gasteiger partial charge in [0.15, 0.2) is 0 Å². The molecule has 1 atom stereocenters. The van der Waals surface area contributed by atoms with Crippen LogP contribution < -0.4 is 4.90 Å². The highest BCUT2D eigenvalue weighted by Crippen LogP contribution is 2.28. The number of fused-ring (bicyclic) bond motifs is 1. The molecule has 0 saturated heterocycles. The molecule has 1 aliphatic rings. The topological polar surface area (TPSA) is 23.5 Å². The minimum Gasteiger partial charge on any atom is -0.374 e. The van der Waals surface area contributed by atoms with Crippen LogP contribution in [-0.4, -0.2) is 18.4 Å². The van der Waals surface area contributed by atoms with E-state index in [1.54, 1.807) is 18.0 Å². The van der Waals surface area contributed by atoms with Gasteiger partial charge >= 0.3 is 0 Å². The lowest BCUT2D eigenvalue weighted by Crippen LogP contribution is -2.35. The number of halogens is 1. The van der Waals surface area contributed by atoms with Crippen molar-refractivity contribution in [1.29, 1.82) is 0 Å². The van der Waals surface area contributed by atoms with Crippen LogP contribution in [0.5, 0.6) is 0 Å². The van der Waals surface area contributed by atoms with Crippen molar-refractivity contribution in [2.45, 2.75) is 19.1 Å². The van der Waals surface area contributed by atoms with Crippen LogP contribution in [-0.2, 0) is 6.42 Å². The van der Waals surface area contributed by atoms with Crippen LogP contribution in [0.3, 0.4) is 0 Å². The maximum Gasteiger partial charge on any atom is 0.126 e. The number of aliphatic hydroxyl groups excluding tert-OH is 1. The molecular weight excluding hydrogens is 169 g/mol. The molecule has 0 aliphatic carbocycles. The first-order valence-electron chi connectivity index (χ1n) is 4.38. The Bertz CT molecular complexity index is 327. The Morgan fingerprint density at radius 1 is 1.54 bits per heavy atom. The number of hydrogen-bond donors (Lipinski definition) is 1. The van der Waals surface area contributed by atoms with Crippen LogP contribution in [0.2, 0.25) is 0 Å². The Kier molecular flexibility index (Phi) is 1.96. The standard InChI is InChI=1S/C10H12FNO/c1-12-9-6-8(11)4-2-7(9)3-5-10(12)13/h2,4,6,10,13H,3,5H2,1H3. The third kappa shape index (κ3) is 1.40. The lowest BCUT2D eigenvalue weighted by atomic mass is 10.0. The van der Waals surface area contributed by atoms with Crippen LogP contribution in [0.1, 0.15) is 12.0 Å². The van der Waals surface area contributed by atoms with Crippen molar-refractivity contribution >= 4 is 5.69 Å². The van der Waals surface area contributed by atoms with E-state index >= 15 is 0 Å². The van der Waals surface area contributed by atoms with E-state index in [-0.39, 0.29) is 5.82 Å². The van der Waals surface area contributed by atoms with Gasteiger partial charge in [-0.25, -0.2) is 4.39 Å². The van der Waals surface area contributed by atoms with Crippen LogP contribution in [0.25, 0.3) is 0 Å². The molecule has 1 N–H and O–H groups in total. The molecule has 1 unspecified atom stereocenters. The predicted molar refractivity (Wildman–Crippen MR) is 49.1 cm³/mol. The Morgan fingerprint density at radius 2 is 2.31 bits per heavy atom. The Labute approximate surface area is 76.6 Å². The number of aliphatic hydroxyl groups is 1. The largest absolute Gasteiger partial charge is 0.374 e. The summed E-state index contributed by atoms with van der Waals surface area (Å²) in [4.78, 5) is 1.71. The first kappa shape index (κ1) is 8.51. The summed E-state index contributed by atoms with van der Waals surface area (Å²) in [7, 11) is 1.78. The van der Waals surface area contributed by atoms with Crippen molar-refractivity contribution in [3.63, 3.8) is 0 Å². The predicted octanol–water partition coefficient (Wildman–Crippen LogP) is 1.53. The molecule has 0 radical (unpaired) electrons. The van der Waals surface area contributed by atoms with Gasteiger partial charge in [-0.05, 0) is 30.5 Å². The summed E-state index contributed by atoms with van der Waals surface area (Å²) in [6.07, 6.45) is 1.06. The molecule has 1 aromatic rings. The summed E-state index contributed by atoms with van der Waals surface area (Å²) in [5.74, 6) is -0.250. The zero-order valence-corrected chi connectivity index (χ0v) is 7.50. The lowest BCUT2D eigenvalue weighted by Gasteiger charge is -2.32. The van der Waals surface area contributed by atoms with Crippen LogP contribution in [0.4, 0.5) is 10.1 Å². The molecule has 1 aliphatic heterocycles. The van der Waals surface area contributed by atoms with E-state index in [4.69, 9.17) is 0 Å². The maximum atomic E-state index is 12.9. The molecule has 3 heteroatoms. The van der Waals surface area contributed by atoms with Crippen molar-refractivity contribution < 1.29 is 9.50 Å². The van der Waals surface area contributed by atoms with Gasteiger partial charge in [-0.1, -0.05) is 6.07 Å². The minimum atomic E-state index is -0.478. The second-order valence-corrected chi connectivity index (χ2v) is 3.40. The molecule has 70 valence electrons. The molecule has 0 amide bonds. The number of nitrogens with zero attached hydrogens (tertiary/aromatic N) is 1. The maximum absolute atomic E-state index is 12.9. The van der Waals surface area contributed by atoms with Gasteiger partial charge in [-0.15, -0.1) is 0 Å². The van der Waals surface area contributed by atoms with E-state index in [2.05, 4.69) is 0 Å². The van der Waals surface area contributed by atoms with E-state index in [9.17, 15) is 9.50 Å². The zero-order chi connectivity index (χ0) is 9.42. The van der Waals surface area contributed by atoms with Gasteiger partial charge in [0.05, 0.1) is 0 Å². The average molecular weight is 181 g/mol. The number of benzene rings is 1. The highest BCUT2D eigenvalue weighted by Gasteiger charge is 2.21. The quantitative estimate of drug-likeness (QED) is 0.656. The number of aryl methyl sites for hydroxylation is 1. The molecule has 0 spiro atoms. The van der Waals surface area contributed by atoms with Crippen LogP contribution in [0, 0.1) is 5.82 Å². The van der Waals surface area contributed by atoms with Crippen molar-refractivity contribution in [1.82, 2.24) is 0 Å². The Morgan fingerprint density at radius 3 is 3.08 bits per heavy atom. The summed E-state index contributed by atoms with van der Waals surface area (Å²) >= 11 is 0. The van der Waals surface area contributed by atoms with E-state index in [1.807, 2.05) is 0 Å². The zero-order valence-electron chi connectivity index (χ0n) is 7.50. The SMILES string of the molecule is CN1c2cc(F)ccc2CCC1O. The summed E-state index contributed by atoms with van der Waals surface area (Å²) in [5.41, 5.74) is 1.91. The summed E-state index contributed by atoms with van der Waals surface area (Å²) < 4.78 is 12.9. The summed E-state index contributed by atoms with van der Waals surface area (Å²) in [5, 5.41) is 9.52. The molecule has 0 aromatic heterocycles. The normalized spacial score (nSPS) is 21.5. The number of rotatable bonds is 0. The fourth-order valence-corrected chi connectivity index (χ4v) is 1.72. The second-order valence-electron chi connectivity index (χ2n) is 3.40. The summed E-state index contributed by atoms with van der Waals surface area (Å²) in [6.45, 7) is 0. The van der Waals surface area contributed by atoms with Gasteiger partial charge < -0.3 is 10.0 Å². The van der Waals surface area contributed by atoms with E-state index in [0.29, 0.717) is 0 Å². The van der Waals surface area contributed by atoms with Crippen LogP contribution >= 0.6 is 0 Å². The summed E-state index contributed by atoms with van der Waals surface area (Å²) in [6, 6.07) is 4.72. The smallest absolute Gasteiger partial charge is 0.126 e. The monoisotopic (exact) mass is 181 g/mol. The molecule has 0 saturated carbocycles. The molecule has 0 fully saturated rings. The fraction of sp³-hybridized carbons (Fsp3) is 0.400. The van der Waals surface area contributed by atoms with Crippen molar-refractivity contribution in [2.24, 2.45) is 0 Å². The van der Waals surface area contributed by atoms with Gasteiger partial charge in [0, 0.05) is 12.7 Å². The van der Waals surface area contributed by atoms with E-state index in [1.165, 1.54) is 12.1 Å².